The number of benzene rings is 1. The normalized spacial score (nSPS) is 10.1. The molecule has 0 atom stereocenters. The smallest absolute Gasteiger partial charge is 0.313 e. The summed E-state index contributed by atoms with van der Waals surface area (Å²) in [5.41, 5.74) is -0.229. The van der Waals surface area contributed by atoms with Crippen molar-refractivity contribution >= 4 is 33.2 Å². The molecule has 0 aliphatic heterocycles. The van der Waals surface area contributed by atoms with Crippen LogP contribution in [0.15, 0.2) is 35.2 Å². The molecule has 0 saturated heterocycles. The molecule has 0 bridgehead atoms. The number of rotatable bonds is 3. The molecule has 0 radical (unpaired) electrons. The van der Waals surface area contributed by atoms with Crippen molar-refractivity contribution in [1.82, 2.24) is 9.97 Å². The number of para-hydroxylation sites is 1. The topological polar surface area (TPSA) is 78.2 Å². The Morgan fingerprint density at radius 3 is 2.89 bits per heavy atom. The van der Waals surface area contributed by atoms with Crippen LogP contribution in [0.1, 0.15) is 0 Å². The number of ether oxygens (including phenoxy) is 1. The average Bonchev–Trinajstić information content (AvgIpc) is 2.34. The second-order valence-corrected chi connectivity index (χ2v) is 4.38. The predicted molar refractivity (Wildman–Crippen MR) is 67.9 cm³/mol. The zero-order valence-corrected chi connectivity index (χ0v) is 11.1. The highest BCUT2D eigenvalue weighted by Gasteiger charge is 2.20. The lowest BCUT2D eigenvalue weighted by Gasteiger charge is -2.07. The lowest BCUT2D eigenvalue weighted by atomic mass is 10.3. The van der Waals surface area contributed by atoms with E-state index in [1.54, 1.807) is 0 Å². The van der Waals surface area contributed by atoms with Crippen LogP contribution in [-0.2, 0) is 0 Å². The molecule has 0 fully saturated rings. The molecule has 1 aromatic heterocycles. The quantitative estimate of drug-likeness (QED) is 0.635. The third kappa shape index (κ3) is 2.57. The monoisotopic (exact) mass is 329 g/mol. The number of hydrogen-bond donors (Lipinski definition) is 0. The molecule has 1 aromatic carbocycles. The van der Waals surface area contributed by atoms with E-state index in [4.69, 9.17) is 16.3 Å². The molecule has 6 nitrogen and oxygen atoms in total. The number of nitro benzene ring substituents is 1. The fraction of sp³-hybridized carbons (Fsp3) is 0. The summed E-state index contributed by atoms with van der Waals surface area (Å²) in [6, 6.07) is 4.28. The summed E-state index contributed by atoms with van der Waals surface area (Å²) in [5.74, 6) is 0.102. The molecule has 2 aromatic rings. The van der Waals surface area contributed by atoms with Gasteiger partial charge in [-0.25, -0.2) is 9.97 Å². The van der Waals surface area contributed by atoms with Gasteiger partial charge in [0.2, 0.25) is 11.6 Å². The molecule has 0 N–H and O–H groups in total. The highest BCUT2D eigenvalue weighted by atomic mass is 79.9. The summed E-state index contributed by atoms with van der Waals surface area (Å²) in [4.78, 5) is 17.9. The average molecular weight is 331 g/mol. The molecule has 0 aliphatic rings. The van der Waals surface area contributed by atoms with Crippen molar-refractivity contribution in [3.63, 3.8) is 0 Å². The molecule has 18 heavy (non-hydrogen) atoms. The van der Waals surface area contributed by atoms with E-state index >= 15 is 0 Å². The number of nitrogens with zero attached hydrogens (tertiary/aromatic N) is 3. The van der Waals surface area contributed by atoms with E-state index in [0.717, 1.165) is 0 Å². The molecule has 0 spiro atoms. The van der Waals surface area contributed by atoms with Crippen molar-refractivity contribution in [3.05, 3.63) is 50.3 Å². The standard InChI is InChI=1S/C10H5BrClN3O3/c11-6-4-13-5-14-10(6)18-9-7(12)2-1-3-8(9)15(16)17/h1-5H. The first-order valence-electron chi connectivity index (χ1n) is 4.66. The van der Waals surface area contributed by atoms with Gasteiger partial charge in [0.05, 0.1) is 14.4 Å². The van der Waals surface area contributed by atoms with Crippen molar-refractivity contribution in [2.24, 2.45) is 0 Å². The molecule has 0 unspecified atom stereocenters. The SMILES string of the molecule is O=[N+]([O-])c1cccc(Cl)c1Oc1ncncc1Br. The van der Waals surface area contributed by atoms with Crippen LogP contribution < -0.4 is 4.74 Å². The Morgan fingerprint density at radius 1 is 1.44 bits per heavy atom. The predicted octanol–water partition coefficient (Wildman–Crippen LogP) is 3.59. The van der Waals surface area contributed by atoms with Crippen LogP contribution in [-0.4, -0.2) is 14.9 Å². The summed E-state index contributed by atoms with van der Waals surface area (Å²) in [6.45, 7) is 0. The minimum absolute atomic E-state index is 0.0523. The van der Waals surface area contributed by atoms with Crippen LogP contribution in [0.4, 0.5) is 5.69 Å². The molecule has 2 rings (SSSR count). The molecule has 0 amide bonds. The van der Waals surface area contributed by atoms with Gasteiger partial charge in [-0.1, -0.05) is 17.7 Å². The lowest BCUT2D eigenvalue weighted by Crippen LogP contribution is -1.96. The Bertz CT molecular complexity index is 609. The van der Waals surface area contributed by atoms with Gasteiger partial charge in [-0.15, -0.1) is 0 Å². The maximum absolute atomic E-state index is 10.9. The highest BCUT2D eigenvalue weighted by molar-refractivity contribution is 9.10. The minimum Gasteiger partial charge on any atom is -0.429 e. The summed E-state index contributed by atoms with van der Waals surface area (Å²) < 4.78 is 5.83. The van der Waals surface area contributed by atoms with Gasteiger partial charge in [0.1, 0.15) is 6.33 Å². The van der Waals surface area contributed by atoms with Crippen LogP contribution in [0.2, 0.25) is 5.02 Å². The Labute approximate surface area is 115 Å². The molecule has 8 heteroatoms. The second-order valence-electron chi connectivity index (χ2n) is 3.12. The highest BCUT2D eigenvalue weighted by Crippen LogP contribution is 2.38. The van der Waals surface area contributed by atoms with Gasteiger partial charge in [0, 0.05) is 12.3 Å². The van der Waals surface area contributed by atoms with Crippen LogP contribution >= 0.6 is 27.5 Å². The second kappa shape index (κ2) is 5.28. The molecule has 0 saturated carbocycles. The molecule has 92 valence electrons. The van der Waals surface area contributed by atoms with Gasteiger partial charge in [-0.3, -0.25) is 10.1 Å². The van der Waals surface area contributed by atoms with Crippen LogP contribution in [0.3, 0.4) is 0 Å². The third-order valence-electron chi connectivity index (χ3n) is 1.98. The van der Waals surface area contributed by atoms with Crippen molar-refractivity contribution < 1.29 is 9.66 Å². The van der Waals surface area contributed by atoms with E-state index in [0.29, 0.717) is 4.47 Å². The summed E-state index contributed by atoms with van der Waals surface area (Å²) in [5, 5.41) is 11.0. The summed E-state index contributed by atoms with van der Waals surface area (Å²) >= 11 is 9.06. The van der Waals surface area contributed by atoms with E-state index in [1.165, 1.54) is 30.7 Å². The van der Waals surface area contributed by atoms with Crippen molar-refractivity contribution in [2.45, 2.75) is 0 Å². The lowest BCUT2D eigenvalue weighted by molar-refractivity contribution is -0.385. The van der Waals surface area contributed by atoms with E-state index in [9.17, 15) is 10.1 Å². The first kappa shape index (κ1) is 12.7. The van der Waals surface area contributed by atoms with Crippen molar-refractivity contribution in [3.8, 4) is 11.6 Å². The van der Waals surface area contributed by atoms with E-state index in [2.05, 4.69) is 25.9 Å². The van der Waals surface area contributed by atoms with Gasteiger partial charge in [0.15, 0.2) is 0 Å². The van der Waals surface area contributed by atoms with E-state index in [1.807, 2.05) is 0 Å². The Hall–Kier alpha value is -1.73. The van der Waals surface area contributed by atoms with E-state index in [-0.39, 0.29) is 22.3 Å². The fourth-order valence-electron chi connectivity index (χ4n) is 1.22. The minimum atomic E-state index is -0.573. The Kier molecular flexibility index (Phi) is 3.73. The number of hydrogen-bond acceptors (Lipinski definition) is 5. The van der Waals surface area contributed by atoms with Crippen LogP contribution in [0, 0.1) is 10.1 Å². The first-order chi connectivity index (χ1) is 8.59. The fourth-order valence-corrected chi connectivity index (χ4v) is 1.73. The van der Waals surface area contributed by atoms with Gasteiger partial charge in [0.25, 0.3) is 0 Å². The largest absolute Gasteiger partial charge is 0.429 e. The molecule has 1 heterocycles. The zero-order valence-electron chi connectivity index (χ0n) is 8.71. The summed E-state index contributed by atoms with van der Waals surface area (Å²) in [6.07, 6.45) is 2.73. The summed E-state index contributed by atoms with van der Waals surface area (Å²) in [7, 11) is 0. The van der Waals surface area contributed by atoms with Gasteiger partial charge in [-0.2, -0.15) is 0 Å². The number of aromatic nitrogens is 2. The van der Waals surface area contributed by atoms with Gasteiger partial charge >= 0.3 is 5.69 Å². The molecular weight excluding hydrogens is 325 g/mol. The van der Waals surface area contributed by atoms with Crippen LogP contribution in [0.5, 0.6) is 11.6 Å². The first-order valence-corrected chi connectivity index (χ1v) is 5.83. The van der Waals surface area contributed by atoms with Gasteiger partial charge in [-0.05, 0) is 22.0 Å². The number of halogens is 2. The molecule has 0 aliphatic carbocycles. The molecular formula is C10H5BrClN3O3. The Morgan fingerprint density at radius 2 is 2.22 bits per heavy atom. The third-order valence-corrected chi connectivity index (χ3v) is 2.82. The van der Waals surface area contributed by atoms with Gasteiger partial charge < -0.3 is 4.74 Å². The Balaban J connectivity index is 2.46. The number of nitro groups is 1. The van der Waals surface area contributed by atoms with Crippen molar-refractivity contribution in [1.29, 1.82) is 0 Å². The van der Waals surface area contributed by atoms with E-state index < -0.39 is 4.92 Å². The van der Waals surface area contributed by atoms with Crippen molar-refractivity contribution in [2.75, 3.05) is 0 Å². The zero-order chi connectivity index (χ0) is 13.1. The maximum Gasteiger partial charge on any atom is 0.313 e. The maximum atomic E-state index is 10.9. The van der Waals surface area contributed by atoms with Crippen LogP contribution in [0.25, 0.3) is 0 Å².